The first-order chi connectivity index (χ1) is 14.2. The van der Waals surface area contributed by atoms with E-state index in [2.05, 4.69) is 24.6 Å². The number of H-pyrrole nitrogens is 2. The van der Waals surface area contributed by atoms with Crippen LogP contribution in [0.15, 0.2) is 68.7 Å². The van der Waals surface area contributed by atoms with Crippen LogP contribution >= 0.6 is 0 Å². The molecule has 0 saturated heterocycles. The topological polar surface area (TPSA) is 110 Å². The number of ether oxygens (including phenoxy) is 1. The van der Waals surface area contributed by atoms with E-state index < -0.39 is 5.76 Å². The second-order valence-corrected chi connectivity index (χ2v) is 6.54. The van der Waals surface area contributed by atoms with Crippen LogP contribution in [-0.2, 0) is 6.42 Å². The van der Waals surface area contributed by atoms with Crippen LogP contribution in [0.4, 0.5) is 0 Å². The summed E-state index contributed by atoms with van der Waals surface area (Å²) in [7, 11) is 1.64. The minimum atomic E-state index is -0.611. The van der Waals surface area contributed by atoms with Gasteiger partial charge in [-0.2, -0.15) is 0 Å². The van der Waals surface area contributed by atoms with Crippen molar-refractivity contribution in [2.24, 2.45) is 0 Å². The highest BCUT2D eigenvalue weighted by molar-refractivity contribution is 5.91. The first-order valence-electron chi connectivity index (χ1n) is 8.95. The number of pyridine rings is 1. The van der Waals surface area contributed by atoms with Gasteiger partial charge in [-0.15, -0.1) is 0 Å². The van der Waals surface area contributed by atoms with Crippen molar-refractivity contribution in [1.82, 2.24) is 20.1 Å². The highest BCUT2D eigenvalue weighted by Crippen LogP contribution is 2.34. The summed E-state index contributed by atoms with van der Waals surface area (Å²) in [5, 5.41) is 4.79. The number of nitrogens with zero attached hydrogens (tertiary/aromatic N) is 2. The molecule has 0 unspecified atom stereocenters. The molecule has 8 heteroatoms. The van der Waals surface area contributed by atoms with Crippen LogP contribution < -0.4 is 10.5 Å². The number of aromatic nitrogens is 4. The Kier molecular flexibility index (Phi) is 4.02. The fraction of sp³-hybridized carbons (Fsp3) is 0.0952. The zero-order valence-electron chi connectivity index (χ0n) is 15.4. The quantitative estimate of drug-likeness (QED) is 0.474. The third-order valence-corrected chi connectivity index (χ3v) is 4.77. The van der Waals surface area contributed by atoms with Gasteiger partial charge in [0.05, 0.1) is 25.3 Å². The third-order valence-electron chi connectivity index (χ3n) is 4.77. The molecule has 4 heterocycles. The highest BCUT2D eigenvalue weighted by Gasteiger charge is 2.16. The number of benzene rings is 1. The zero-order valence-corrected chi connectivity index (χ0v) is 15.4. The number of nitrogens with one attached hydrogen (secondary N) is 2. The van der Waals surface area contributed by atoms with Crippen LogP contribution in [0.2, 0.25) is 0 Å². The van der Waals surface area contributed by atoms with Gasteiger partial charge in [-0.05, 0) is 35.9 Å². The second kappa shape index (κ2) is 6.83. The first kappa shape index (κ1) is 17.1. The van der Waals surface area contributed by atoms with Crippen molar-refractivity contribution in [3.05, 3.63) is 76.8 Å². The van der Waals surface area contributed by atoms with Gasteiger partial charge < -0.3 is 14.1 Å². The fourth-order valence-corrected chi connectivity index (χ4v) is 3.43. The summed E-state index contributed by atoms with van der Waals surface area (Å²) < 4.78 is 15.2. The van der Waals surface area contributed by atoms with Crippen molar-refractivity contribution >= 4 is 10.9 Å². The van der Waals surface area contributed by atoms with Crippen LogP contribution in [0.1, 0.15) is 11.3 Å². The summed E-state index contributed by atoms with van der Waals surface area (Å²) in [5.74, 6) is 0.467. The number of methoxy groups -OCH3 is 1. The lowest BCUT2D eigenvalue weighted by molar-refractivity contribution is 0.387. The summed E-state index contributed by atoms with van der Waals surface area (Å²) >= 11 is 0. The van der Waals surface area contributed by atoms with E-state index >= 15 is 0 Å². The van der Waals surface area contributed by atoms with E-state index in [9.17, 15) is 4.79 Å². The van der Waals surface area contributed by atoms with Gasteiger partial charge in [0, 0.05) is 34.6 Å². The Morgan fingerprint density at radius 2 is 2.07 bits per heavy atom. The SMILES string of the molecule is COc1ccc2c(Cc3cccc(-c4noc(=O)[nH]4)n3)c(-c3ccoc3)[nH]c2c1. The molecular weight excluding hydrogens is 372 g/mol. The molecule has 0 spiro atoms. The van der Waals surface area contributed by atoms with Crippen LogP contribution in [0.25, 0.3) is 33.7 Å². The van der Waals surface area contributed by atoms with E-state index in [-0.39, 0.29) is 0 Å². The van der Waals surface area contributed by atoms with Crippen molar-refractivity contribution in [3.63, 3.8) is 0 Å². The monoisotopic (exact) mass is 388 g/mol. The van der Waals surface area contributed by atoms with Crippen molar-refractivity contribution in [1.29, 1.82) is 0 Å². The van der Waals surface area contributed by atoms with Gasteiger partial charge in [0.2, 0.25) is 5.82 Å². The summed E-state index contributed by atoms with van der Waals surface area (Å²) in [6.07, 6.45) is 3.92. The lowest BCUT2D eigenvalue weighted by Gasteiger charge is -2.05. The average molecular weight is 388 g/mol. The molecule has 2 N–H and O–H groups in total. The zero-order chi connectivity index (χ0) is 19.8. The Morgan fingerprint density at radius 3 is 2.83 bits per heavy atom. The van der Waals surface area contributed by atoms with Crippen molar-refractivity contribution in [3.8, 4) is 28.5 Å². The van der Waals surface area contributed by atoms with Gasteiger partial charge in [-0.1, -0.05) is 11.2 Å². The van der Waals surface area contributed by atoms with Gasteiger partial charge in [0.1, 0.15) is 11.4 Å². The Labute approximate surface area is 164 Å². The number of rotatable bonds is 5. The molecule has 5 aromatic rings. The minimum Gasteiger partial charge on any atom is -0.497 e. The minimum absolute atomic E-state index is 0.301. The van der Waals surface area contributed by atoms with Crippen LogP contribution in [0, 0.1) is 0 Å². The largest absolute Gasteiger partial charge is 0.497 e. The molecule has 0 amide bonds. The van der Waals surface area contributed by atoms with Gasteiger partial charge >= 0.3 is 5.76 Å². The summed E-state index contributed by atoms with van der Waals surface area (Å²) in [6, 6.07) is 13.4. The molecule has 1 aromatic carbocycles. The number of furan rings is 1. The summed E-state index contributed by atoms with van der Waals surface area (Å²) in [6.45, 7) is 0. The van der Waals surface area contributed by atoms with Crippen LogP contribution in [0.5, 0.6) is 5.75 Å². The standard InChI is InChI=1S/C21H16N4O4/c1-27-14-5-6-15-16(19(23-18(15)10-14)12-7-8-28-11-12)9-13-3-2-4-17(22-13)20-24-21(26)29-25-20/h2-8,10-11,23H,9H2,1H3,(H,24,25,26). The van der Waals surface area contributed by atoms with Gasteiger partial charge in [0.15, 0.2) is 0 Å². The van der Waals surface area contributed by atoms with Crippen LogP contribution in [-0.4, -0.2) is 27.2 Å². The molecule has 0 aliphatic rings. The maximum atomic E-state index is 11.2. The van der Waals surface area contributed by atoms with Crippen molar-refractivity contribution < 1.29 is 13.7 Å². The lowest BCUT2D eigenvalue weighted by atomic mass is 10.0. The predicted octanol–water partition coefficient (Wildman–Crippen LogP) is 3.77. The summed E-state index contributed by atoms with van der Waals surface area (Å²) in [5.41, 5.74) is 5.33. The van der Waals surface area contributed by atoms with E-state index in [0.717, 1.165) is 39.2 Å². The normalized spacial score (nSPS) is 11.2. The number of aromatic amines is 2. The van der Waals surface area contributed by atoms with E-state index in [1.807, 2.05) is 36.4 Å². The second-order valence-electron chi connectivity index (χ2n) is 6.54. The van der Waals surface area contributed by atoms with E-state index in [1.165, 1.54) is 0 Å². The Bertz CT molecular complexity index is 1340. The third kappa shape index (κ3) is 3.10. The molecule has 8 nitrogen and oxygen atoms in total. The van der Waals surface area contributed by atoms with E-state index in [0.29, 0.717) is 17.9 Å². The Hall–Kier alpha value is -4.07. The maximum absolute atomic E-state index is 11.2. The number of fused-ring (bicyclic) bond motifs is 1. The lowest BCUT2D eigenvalue weighted by Crippen LogP contribution is -1.98. The average Bonchev–Trinajstić information content (AvgIpc) is 3.48. The fourth-order valence-electron chi connectivity index (χ4n) is 3.43. The van der Waals surface area contributed by atoms with E-state index in [1.54, 1.807) is 25.7 Å². The predicted molar refractivity (Wildman–Crippen MR) is 106 cm³/mol. The highest BCUT2D eigenvalue weighted by atomic mass is 16.5. The van der Waals surface area contributed by atoms with Gasteiger partial charge in [-0.25, -0.2) is 9.78 Å². The molecular formula is C21H16N4O4. The molecule has 5 rings (SSSR count). The number of hydrogen-bond acceptors (Lipinski definition) is 6. The molecule has 0 bridgehead atoms. The molecule has 4 aromatic heterocycles. The van der Waals surface area contributed by atoms with E-state index in [4.69, 9.17) is 9.15 Å². The van der Waals surface area contributed by atoms with Gasteiger partial charge in [-0.3, -0.25) is 9.51 Å². The molecule has 0 fully saturated rings. The molecule has 29 heavy (non-hydrogen) atoms. The van der Waals surface area contributed by atoms with Crippen LogP contribution in [0.3, 0.4) is 0 Å². The maximum Gasteiger partial charge on any atom is 0.439 e. The first-order valence-corrected chi connectivity index (χ1v) is 8.95. The molecule has 0 aliphatic heterocycles. The smallest absolute Gasteiger partial charge is 0.439 e. The Morgan fingerprint density at radius 1 is 1.14 bits per heavy atom. The van der Waals surface area contributed by atoms with Crippen molar-refractivity contribution in [2.75, 3.05) is 7.11 Å². The molecule has 0 aliphatic carbocycles. The molecule has 0 saturated carbocycles. The van der Waals surface area contributed by atoms with Gasteiger partial charge in [0.25, 0.3) is 0 Å². The Balaban J connectivity index is 1.61. The summed E-state index contributed by atoms with van der Waals surface area (Å²) in [4.78, 5) is 21.9. The molecule has 0 atom stereocenters. The van der Waals surface area contributed by atoms with Crippen molar-refractivity contribution in [2.45, 2.75) is 6.42 Å². The number of hydrogen-bond donors (Lipinski definition) is 2. The molecule has 0 radical (unpaired) electrons. The molecule has 144 valence electrons.